The Morgan fingerprint density at radius 1 is 0.851 bits per heavy atom. The predicted molar refractivity (Wildman–Crippen MR) is 188 cm³/mol. The molecule has 246 valence electrons. The number of ether oxygens (including phenoxy) is 1. The molecule has 0 aliphatic carbocycles. The highest BCUT2D eigenvalue weighted by Crippen LogP contribution is 2.38. The van der Waals surface area contributed by atoms with Crippen molar-refractivity contribution in [1.29, 1.82) is 0 Å². The van der Waals surface area contributed by atoms with Gasteiger partial charge in [-0.15, -0.1) is 0 Å². The molecule has 1 N–H and O–H groups in total. The van der Waals surface area contributed by atoms with E-state index in [9.17, 15) is 18.3 Å². The number of rotatable bonds is 16. The standard InChI is InChI=1S/C39H41F3N2O2S/c1-3-4-5-6-9-19-32(31-17-10-7-11-18-31)29-44(30-33-20-14-25-37(38(33)45)39(40,41)42)26-16-27-46-35-22-15-21-34(28-35)43(2)47-36-23-12-8-13-24-36/h3-15,17-25,28,32,45H,16,26-27,29-30H2,1-2H3/b4-3-,6-5-,19-9+. The summed E-state index contributed by atoms with van der Waals surface area (Å²) in [5.74, 6) is -0.0191. The van der Waals surface area contributed by atoms with Gasteiger partial charge in [-0.1, -0.05) is 103 Å². The molecule has 0 heterocycles. The van der Waals surface area contributed by atoms with Crippen LogP contribution >= 0.6 is 11.9 Å². The Hall–Kier alpha value is -4.40. The molecule has 8 heteroatoms. The molecule has 4 nitrogen and oxygen atoms in total. The van der Waals surface area contributed by atoms with Crippen molar-refractivity contribution in [1.82, 2.24) is 4.90 Å². The number of para-hydroxylation sites is 1. The van der Waals surface area contributed by atoms with Gasteiger partial charge < -0.3 is 14.1 Å². The van der Waals surface area contributed by atoms with Crippen molar-refractivity contribution in [3.8, 4) is 11.5 Å². The number of phenolic OH excluding ortho intramolecular Hbond substituents is 1. The van der Waals surface area contributed by atoms with Crippen molar-refractivity contribution in [2.24, 2.45) is 0 Å². The zero-order valence-corrected chi connectivity index (χ0v) is 27.5. The van der Waals surface area contributed by atoms with Gasteiger partial charge in [-0.3, -0.25) is 4.90 Å². The second-order valence-corrected chi connectivity index (χ2v) is 12.2. The van der Waals surface area contributed by atoms with Crippen LogP contribution in [0.25, 0.3) is 0 Å². The molecule has 0 bridgehead atoms. The van der Waals surface area contributed by atoms with Crippen molar-refractivity contribution in [2.75, 3.05) is 31.0 Å². The number of halogens is 3. The highest BCUT2D eigenvalue weighted by Gasteiger charge is 2.34. The quantitative estimate of drug-likeness (QED) is 0.0737. The Morgan fingerprint density at radius 2 is 1.55 bits per heavy atom. The summed E-state index contributed by atoms with van der Waals surface area (Å²) in [6.45, 7) is 3.60. The topological polar surface area (TPSA) is 35.9 Å². The monoisotopic (exact) mass is 658 g/mol. The summed E-state index contributed by atoms with van der Waals surface area (Å²) < 4.78 is 49.0. The molecule has 0 saturated carbocycles. The highest BCUT2D eigenvalue weighted by molar-refractivity contribution is 8.00. The number of anilines is 1. The predicted octanol–water partition coefficient (Wildman–Crippen LogP) is 10.3. The summed E-state index contributed by atoms with van der Waals surface area (Å²) in [6.07, 6.45) is 7.86. The van der Waals surface area contributed by atoms with Crippen LogP contribution in [0.4, 0.5) is 18.9 Å². The van der Waals surface area contributed by atoms with Crippen LogP contribution in [0.3, 0.4) is 0 Å². The maximum absolute atomic E-state index is 13.6. The number of nitrogens with zero attached hydrogens (tertiary/aromatic N) is 2. The summed E-state index contributed by atoms with van der Waals surface area (Å²) in [5.41, 5.74) is 1.30. The minimum absolute atomic E-state index is 0.0327. The first kappa shape index (κ1) is 35.5. The number of allylic oxidation sites excluding steroid dienone is 5. The van der Waals surface area contributed by atoms with Crippen LogP contribution in [0.1, 0.15) is 36.0 Å². The lowest BCUT2D eigenvalue weighted by Gasteiger charge is -2.27. The average Bonchev–Trinajstić information content (AvgIpc) is 3.07. The molecule has 0 radical (unpaired) electrons. The van der Waals surface area contributed by atoms with Gasteiger partial charge in [0.1, 0.15) is 11.5 Å². The van der Waals surface area contributed by atoms with Crippen LogP contribution in [-0.4, -0.2) is 36.8 Å². The Morgan fingerprint density at radius 3 is 2.28 bits per heavy atom. The third-order valence-electron chi connectivity index (χ3n) is 7.42. The molecule has 4 aromatic carbocycles. The van der Waals surface area contributed by atoms with Gasteiger partial charge in [0.05, 0.1) is 17.9 Å². The van der Waals surface area contributed by atoms with Crippen molar-refractivity contribution in [2.45, 2.75) is 36.9 Å². The summed E-state index contributed by atoms with van der Waals surface area (Å²) in [7, 11) is 2.01. The molecule has 1 unspecified atom stereocenters. The molecule has 0 aliphatic heterocycles. The van der Waals surface area contributed by atoms with E-state index in [1.54, 1.807) is 18.0 Å². The number of phenols is 1. The van der Waals surface area contributed by atoms with Gasteiger partial charge in [-0.2, -0.15) is 13.2 Å². The Balaban J connectivity index is 1.48. The van der Waals surface area contributed by atoms with E-state index in [4.69, 9.17) is 4.74 Å². The maximum Gasteiger partial charge on any atom is 0.419 e. The lowest BCUT2D eigenvalue weighted by molar-refractivity contribution is -0.138. The molecular formula is C39H41F3N2O2S. The summed E-state index contributed by atoms with van der Waals surface area (Å²) in [4.78, 5) is 3.21. The number of benzene rings is 4. The zero-order valence-electron chi connectivity index (χ0n) is 26.7. The van der Waals surface area contributed by atoms with Gasteiger partial charge >= 0.3 is 6.18 Å². The molecular weight excluding hydrogens is 618 g/mol. The van der Waals surface area contributed by atoms with E-state index in [1.165, 1.54) is 6.07 Å². The van der Waals surface area contributed by atoms with Crippen molar-refractivity contribution >= 4 is 17.6 Å². The first-order chi connectivity index (χ1) is 22.7. The van der Waals surface area contributed by atoms with Crippen molar-refractivity contribution < 1.29 is 23.0 Å². The third-order valence-corrected chi connectivity index (χ3v) is 8.39. The largest absolute Gasteiger partial charge is 0.507 e. The fraction of sp³-hybridized carbons (Fsp3) is 0.231. The number of aromatic hydroxyl groups is 1. The second kappa shape index (κ2) is 18.1. The number of alkyl halides is 3. The van der Waals surface area contributed by atoms with E-state index < -0.39 is 17.5 Å². The zero-order chi connectivity index (χ0) is 33.5. The van der Waals surface area contributed by atoms with Crippen LogP contribution in [0.2, 0.25) is 0 Å². The summed E-state index contributed by atoms with van der Waals surface area (Å²) >= 11 is 1.62. The molecule has 0 aliphatic rings. The average molecular weight is 659 g/mol. The Labute approximate surface area is 280 Å². The molecule has 0 saturated heterocycles. The first-order valence-corrected chi connectivity index (χ1v) is 16.3. The SMILES string of the molecule is C\C=C/C=C\C=C\C(CN(CCCOc1cccc(N(C)Sc2ccccc2)c1)Cc1cccc(C(F)(F)F)c1O)c1ccccc1. The van der Waals surface area contributed by atoms with E-state index in [-0.39, 0.29) is 18.0 Å². The van der Waals surface area contributed by atoms with Crippen molar-refractivity contribution in [3.05, 3.63) is 156 Å². The number of hydrogen-bond donors (Lipinski definition) is 1. The van der Waals surface area contributed by atoms with E-state index in [2.05, 4.69) is 27.4 Å². The minimum atomic E-state index is -4.64. The highest BCUT2D eigenvalue weighted by atomic mass is 32.2. The van der Waals surface area contributed by atoms with E-state index in [1.807, 2.05) is 117 Å². The molecule has 4 rings (SSSR count). The van der Waals surface area contributed by atoms with Gasteiger partial charge in [-0.25, -0.2) is 0 Å². The Bertz CT molecular complexity index is 1610. The van der Waals surface area contributed by atoms with E-state index in [0.717, 1.165) is 28.0 Å². The molecule has 1 atom stereocenters. The molecule has 47 heavy (non-hydrogen) atoms. The molecule has 0 aromatic heterocycles. The van der Waals surface area contributed by atoms with Crippen LogP contribution in [0, 0.1) is 0 Å². The van der Waals surface area contributed by atoms with Gasteiger partial charge in [0.2, 0.25) is 0 Å². The third kappa shape index (κ3) is 11.4. The smallest absolute Gasteiger partial charge is 0.419 e. The van der Waals surface area contributed by atoms with Gasteiger partial charge in [-0.05, 0) is 61.2 Å². The molecule has 4 aromatic rings. The van der Waals surface area contributed by atoms with Crippen LogP contribution < -0.4 is 9.04 Å². The van der Waals surface area contributed by atoms with Crippen LogP contribution in [-0.2, 0) is 12.7 Å². The molecule has 0 spiro atoms. The summed E-state index contributed by atoms with van der Waals surface area (Å²) in [5, 5.41) is 10.6. The minimum Gasteiger partial charge on any atom is -0.507 e. The lowest BCUT2D eigenvalue weighted by atomic mass is 9.97. The molecule has 0 amide bonds. The first-order valence-electron chi connectivity index (χ1n) is 15.6. The van der Waals surface area contributed by atoms with Gasteiger partial charge in [0, 0.05) is 49.1 Å². The number of hydrogen-bond acceptors (Lipinski definition) is 5. The Kier molecular flexibility index (Phi) is 13.6. The van der Waals surface area contributed by atoms with E-state index in [0.29, 0.717) is 26.1 Å². The van der Waals surface area contributed by atoms with Crippen LogP contribution in [0.15, 0.2) is 144 Å². The van der Waals surface area contributed by atoms with Crippen LogP contribution in [0.5, 0.6) is 11.5 Å². The molecule has 0 fully saturated rings. The van der Waals surface area contributed by atoms with Crippen molar-refractivity contribution in [3.63, 3.8) is 0 Å². The normalized spacial score (nSPS) is 12.8. The fourth-order valence-electron chi connectivity index (χ4n) is 5.06. The van der Waals surface area contributed by atoms with E-state index >= 15 is 0 Å². The van der Waals surface area contributed by atoms with Gasteiger partial charge in [0.25, 0.3) is 0 Å². The summed E-state index contributed by atoms with van der Waals surface area (Å²) in [6, 6.07) is 31.8. The second-order valence-electron chi connectivity index (χ2n) is 11.0. The maximum atomic E-state index is 13.6. The van der Waals surface area contributed by atoms with Gasteiger partial charge in [0.15, 0.2) is 0 Å². The lowest BCUT2D eigenvalue weighted by Crippen LogP contribution is -2.30. The fourth-order valence-corrected chi connectivity index (χ4v) is 5.87.